The van der Waals surface area contributed by atoms with Gasteiger partial charge in [0, 0.05) is 17.4 Å². The second kappa shape index (κ2) is 15.0. The molecule has 14 heteroatoms. The maximum absolute atomic E-state index is 12.5. The van der Waals surface area contributed by atoms with Gasteiger partial charge in [-0.15, -0.1) is 0 Å². The molecule has 0 aromatic heterocycles. The van der Waals surface area contributed by atoms with Gasteiger partial charge in [0.2, 0.25) is 5.91 Å². The van der Waals surface area contributed by atoms with Gasteiger partial charge in [-0.25, -0.2) is 9.59 Å². The zero-order valence-corrected chi connectivity index (χ0v) is 22.5. The van der Waals surface area contributed by atoms with Crippen molar-refractivity contribution in [3.8, 4) is 5.75 Å². The number of hydrogen-bond donors (Lipinski definition) is 6. The van der Waals surface area contributed by atoms with Crippen molar-refractivity contribution < 1.29 is 47.3 Å². The number of benzene rings is 3. The van der Waals surface area contributed by atoms with E-state index in [1.54, 1.807) is 42.5 Å². The minimum atomic E-state index is -5.08. The number of hydrogen-bond acceptors (Lipinski definition) is 6. The first-order chi connectivity index (χ1) is 19.7. The van der Waals surface area contributed by atoms with Crippen molar-refractivity contribution in [1.29, 1.82) is 0 Å². The summed E-state index contributed by atoms with van der Waals surface area (Å²) < 4.78 is 37.1. The molecule has 0 radical (unpaired) electrons. The number of aliphatic carboxylic acids is 2. The number of aryl methyl sites for hydroxylation is 1. The summed E-state index contributed by atoms with van der Waals surface area (Å²) in [5.74, 6) is -3.55. The van der Waals surface area contributed by atoms with Gasteiger partial charge in [0.15, 0.2) is 0 Å². The van der Waals surface area contributed by atoms with E-state index in [9.17, 15) is 27.6 Å². The van der Waals surface area contributed by atoms with E-state index in [2.05, 4.69) is 16.0 Å². The van der Waals surface area contributed by atoms with Crippen LogP contribution in [0.4, 0.5) is 35.0 Å². The van der Waals surface area contributed by atoms with E-state index < -0.39 is 30.2 Å². The Morgan fingerprint density at radius 2 is 1.50 bits per heavy atom. The van der Waals surface area contributed by atoms with Gasteiger partial charge in [-0.3, -0.25) is 9.59 Å². The van der Waals surface area contributed by atoms with Gasteiger partial charge in [-0.2, -0.15) is 13.2 Å². The van der Waals surface area contributed by atoms with E-state index in [0.717, 1.165) is 5.56 Å². The lowest BCUT2D eigenvalue weighted by atomic mass is 10.0. The quantitative estimate of drug-likeness (QED) is 0.203. The SMILES string of the molecule is COc1cc(CC(=O)Nc2ccc([C@H](N)CC(=O)O)cc2)ccc1NC(=O)Nc1ccccc1C.O=C(O)C(F)(F)F. The number of carboxylic acids is 2. The first kappa shape index (κ1) is 33.1. The average Bonchev–Trinajstić information content (AvgIpc) is 2.90. The van der Waals surface area contributed by atoms with Crippen molar-refractivity contribution in [3.63, 3.8) is 0 Å². The smallest absolute Gasteiger partial charge is 0.490 e. The Labute approximate surface area is 238 Å². The highest BCUT2D eigenvalue weighted by molar-refractivity contribution is 6.01. The van der Waals surface area contributed by atoms with Crippen molar-refractivity contribution in [1.82, 2.24) is 0 Å². The number of alkyl halides is 3. The van der Waals surface area contributed by atoms with Crippen LogP contribution in [0.3, 0.4) is 0 Å². The van der Waals surface area contributed by atoms with Crippen molar-refractivity contribution >= 4 is 40.9 Å². The number of carbonyl (C=O) groups excluding carboxylic acids is 2. The van der Waals surface area contributed by atoms with E-state index in [0.29, 0.717) is 33.9 Å². The molecule has 0 bridgehead atoms. The molecule has 3 aromatic rings. The Balaban J connectivity index is 0.000000782. The molecule has 0 heterocycles. The van der Waals surface area contributed by atoms with Crippen LogP contribution in [0.15, 0.2) is 66.7 Å². The van der Waals surface area contributed by atoms with Gasteiger partial charge >= 0.3 is 24.1 Å². The third kappa shape index (κ3) is 10.8. The highest BCUT2D eigenvalue weighted by Gasteiger charge is 2.38. The number of halogens is 3. The summed E-state index contributed by atoms with van der Waals surface area (Å²) in [4.78, 5) is 44.6. The number of nitrogens with two attached hydrogens (primary N) is 1. The van der Waals surface area contributed by atoms with Gasteiger partial charge in [0.25, 0.3) is 0 Å². The molecule has 0 aliphatic rings. The number of nitrogens with one attached hydrogen (secondary N) is 3. The van der Waals surface area contributed by atoms with Crippen LogP contribution in [0.5, 0.6) is 5.75 Å². The Bertz CT molecular complexity index is 1410. The maximum Gasteiger partial charge on any atom is 0.490 e. The van der Waals surface area contributed by atoms with Crippen molar-refractivity contribution in [2.45, 2.75) is 32.0 Å². The van der Waals surface area contributed by atoms with Crippen LogP contribution in [-0.2, 0) is 20.8 Å². The number of carbonyl (C=O) groups is 4. The van der Waals surface area contributed by atoms with Crippen LogP contribution in [-0.4, -0.2) is 47.4 Å². The molecule has 7 N–H and O–H groups in total. The molecular formula is C28H29F3N4O7. The number of carboxylic acid groups (broad SMARTS) is 2. The average molecular weight is 591 g/mol. The topological polar surface area (TPSA) is 180 Å². The van der Waals surface area contributed by atoms with Gasteiger partial charge in [-0.1, -0.05) is 36.4 Å². The Kier molecular flexibility index (Phi) is 11.9. The highest BCUT2D eigenvalue weighted by atomic mass is 19.4. The molecule has 0 unspecified atom stereocenters. The summed E-state index contributed by atoms with van der Waals surface area (Å²) in [6.07, 6.45) is -5.17. The van der Waals surface area contributed by atoms with Crippen LogP contribution >= 0.6 is 0 Å². The number of methoxy groups -OCH3 is 1. The molecule has 0 spiro atoms. The summed E-state index contributed by atoms with van der Waals surface area (Å²) in [5.41, 5.74) is 9.90. The Morgan fingerprint density at radius 3 is 2.05 bits per heavy atom. The van der Waals surface area contributed by atoms with Crippen LogP contribution in [0.1, 0.15) is 29.2 Å². The molecule has 1 atom stereocenters. The fourth-order valence-electron chi connectivity index (χ4n) is 3.45. The predicted molar refractivity (Wildman–Crippen MR) is 148 cm³/mol. The number of rotatable bonds is 9. The third-order valence-electron chi connectivity index (χ3n) is 5.53. The minimum Gasteiger partial charge on any atom is -0.495 e. The molecule has 0 saturated carbocycles. The van der Waals surface area contributed by atoms with Crippen LogP contribution < -0.4 is 26.4 Å². The molecule has 0 aliphatic carbocycles. The molecule has 11 nitrogen and oxygen atoms in total. The number of urea groups is 1. The monoisotopic (exact) mass is 590 g/mol. The Morgan fingerprint density at radius 1 is 0.905 bits per heavy atom. The highest BCUT2D eigenvalue weighted by Crippen LogP contribution is 2.27. The van der Waals surface area contributed by atoms with Gasteiger partial charge < -0.3 is 36.6 Å². The van der Waals surface area contributed by atoms with E-state index in [-0.39, 0.29) is 18.7 Å². The first-order valence-electron chi connectivity index (χ1n) is 12.2. The molecule has 3 rings (SSSR count). The molecule has 0 aliphatic heterocycles. The summed E-state index contributed by atoms with van der Waals surface area (Å²) >= 11 is 0. The fourth-order valence-corrected chi connectivity index (χ4v) is 3.45. The normalized spacial score (nSPS) is 11.3. The lowest BCUT2D eigenvalue weighted by Crippen LogP contribution is -2.21. The zero-order valence-electron chi connectivity index (χ0n) is 22.5. The predicted octanol–water partition coefficient (Wildman–Crippen LogP) is 4.94. The van der Waals surface area contributed by atoms with E-state index in [1.165, 1.54) is 7.11 Å². The number of ether oxygens (including phenoxy) is 1. The maximum atomic E-state index is 12.5. The third-order valence-corrected chi connectivity index (χ3v) is 5.53. The number of para-hydroxylation sites is 1. The summed E-state index contributed by atoms with van der Waals surface area (Å²) in [6.45, 7) is 1.90. The fraction of sp³-hybridized carbons (Fsp3) is 0.214. The zero-order chi connectivity index (χ0) is 31.4. The minimum absolute atomic E-state index is 0.0896. The second-order valence-electron chi connectivity index (χ2n) is 8.78. The summed E-state index contributed by atoms with van der Waals surface area (Å²) in [7, 11) is 1.49. The lowest BCUT2D eigenvalue weighted by molar-refractivity contribution is -0.192. The number of anilines is 3. The summed E-state index contributed by atoms with van der Waals surface area (Å²) in [5, 5.41) is 24.3. The molecular weight excluding hydrogens is 561 g/mol. The van der Waals surface area contributed by atoms with Crippen molar-refractivity contribution in [3.05, 3.63) is 83.4 Å². The summed E-state index contributed by atoms with van der Waals surface area (Å²) in [6, 6.07) is 18.3. The van der Waals surface area contributed by atoms with Gasteiger partial charge in [0.05, 0.1) is 25.6 Å². The van der Waals surface area contributed by atoms with Crippen LogP contribution in [0, 0.1) is 6.92 Å². The molecule has 3 amide bonds. The van der Waals surface area contributed by atoms with Gasteiger partial charge in [-0.05, 0) is 53.9 Å². The molecule has 224 valence electrons. The van der Waals surface area contributed by atoms with E-state index in [1.807, 2.05) is 31.2 Å². The molecule has 42 heavy (non-hydrogen) atoms. The second-order valence-corrected chi connectivity index (χ2v) is 8.78. The van der Waals surface area contributed by atoms with Crippen LogP contribution in [0.2, 0.25) is 0 Å². The molecule has 0 saturated heterocycles. The number of amides is 3. The largest absolute Gasteiger partial charge is 0.495 e. The van der Waals surface area contributed by atoms with E-state index >= 15 is 0 Å². The first-order valence-corrected chi connectivity index (χ1v) is 12.2. The molecule has 0 fully saturated rings. The van der Waals surface area contributed by atoms with Gasteiger partial charge in [0.1, 0.15) is 5.75 Å². The van der Waals surface area contributed by atoms with E-state index in [4.69, 9.17) is 25.5 Å². The van der Waals surface area contributed by atoms with Crippen molar-refractivity contribution in [2.75, 3.05) is 23.1 Å². The lowest BCUT2D eigenvalue weighted by Gasteiger charge is -2.14. The van der Waals surface area contributed by atoms with Crippen LogP contribution in [0.25, 0.3) is 0 Å². The Hall–Kier alpha value is -5.11. The molecule has 3 aromatic carbocycles. The standard InChI is InChI=1S/C26H28N4O5.C2HF3O2/c1-16-5-3-4-6-21(16)29-26(34)30-22-12-7-17(13-23(22)35-2)14-24(31)28-19-10-8-18(9-11-19)20(27)15-25(32)33;3-2(4,5)1(6)7/h3-13,20H,14-15,27H2,1-2H3,(H,28,31)(H,32,33)(H2,29,30,34);(H,6,7)/t20-;/m1./s1. The van der Waals surface area contributed by atoms with Crippen molar-refractivity contribution in [2.24, 2.45) is 5.73 Å².